The summed E-state index contributed by atoms with van der Waals surface area (Å²) in [7, 11) is 1.28. The molecule has 0 bridgehead atoms. The molecular formula is C13H11ClN2O3. The van der Waals surface area contributed by atoms with Gasteiger partial charge in [-0.2, -0.15) is 0 Å². The third-order valence-corrected chi connectivity index (χ3v) is 2.62. The van der Waals surface area contributed by atoms with Gasteiger partial charge in [-0.05, 0) is 18.2 Å². The van der Waals surface area contributed by atoms with Crippen LogP contribution in [0.3, 0.4) is 0 Å². The first-order chi connectivity index (χ1) is 9.10. The van der Waals surface area contributed by atoms with E-state index in [0.717, 1.165) is 0 Å². The van der Waals surface area contributed by atoms with Gasteiger partial charge in [-0.15, -0.1) is 0 Å². The smallest absolute Gasteiger partial charge is 0.356 e. The minimum atomic E-state index is -0.538. The number of carbonyl (C=O) groups excluding carboxylic acids is 1. The van der Waals surface area contributed by atoms with Gasteiger partial charge in [-0.25, -0.2) is 9.78 Å². The Kier molecular flexibility index (Phi) is 3.87. The lowest BCUT2D eigenvalue weighted by atomic mass is 10.3. The molecule has 0 aliphatic carbocycles. The Morgan fingerprint density at radius 1 is 1.32 bits per heavy atom. The van der Waals surface area contributed by atoms with Gasteiger partial charge in [0, 0.05) is 24.0 Å². The average Bonchev–Trinajstić information content (AvgIpc) is 2.42. The van der Waals surface area contributed by atoms with Crippen LogP contribution in [0.4, 0.5) is 5.69 Å². The number of esters is 1. The number of ether oxygens (including phenoxy) is 2. The third-order valence-electron chi connectivity index (χ3n) is 2.31. The molecule has 0 saturated heterocycles. The largest absolute Gasteiger partial charge is 0.464 e. The summed E-state index contributed by atoms with van der Waals surface area (Å²) in [5.41, 5.74) is 6.34. The monoisotopic (exact) mass is 278 g/mol. The normalized spacial score (nSPS) is 10.0. The first-order valence-electron chi connectivity index (χ1n) is 5.37. The summed E-state index contributed by atoms with van der Waals surface area (Å²) in [6.07, 6.45) is 1.45. The van der Waals surface area contributed by atoms with Crippen LogP contribution in [0.25, 0.3) is 0 Å². The summed E-state index contributed by atoms with van der Waals surface area (Å²) in [6.45, 7) is 0. The number of hydrogen-bond acceptors (Lipinski definition) is 5. The summed E-state index contributed by atoms with van der Waals surface area (Å²) in [5.74, 6) is 0.288. The van der Waals surface area contributed by atoms with Crippen molar-refractivity contribution in [3.63, 3.8) is 0 Å². The van der Waals surface area contributed by atoms with E-state index in [1.807, 2.05) is 0 Å². The SMILES string of the molecule is COC(=O)c1cc(Oc2cc(N)ccc2Cl)ccn1. The van der Waals surface area contributed by atoms with Crippen LogP contribution >= 0.6 is 11.6 Å². The van der Waals surface area contributed by atoms with Gasteiger partial charge < -0.3 is 15.2 Å². The molecule has 98 valence electrons. The fourth-order valence-electron chi connectivity index (χ4n) is 1.42. The van der Waals surface area contributed by atoms with Crippen LogP contribution in [0.1, 0.15) is 10.5 Å². The number of halogens is 1. The number of nitrogen functional groups attached to an aromatic ring is 1. The predicted molar refractivity (Wildman–Crippen MR) is 71.5 cm³/mol. The Bertz CT molecular complexity index is 617. The zero-order valence-electron chi connectivity index (χ0n) is 10.1. The van der Waals surface area contributed by atoms with E-state index in [0.29, 0.717) is 22.2 Å². The molecule has 6 heteroatoms. The van der Waals surface area contributed by atoms with E-state index >= 15 is 0 Å². The number of nitrogens with two attached hydrogens (primary N) is 1. The number of rotatable bonds is 3. The maximum Gasteiger partial charge on any atom is 0.356 e. The third kappa shape index (κ3) is 3.14. The van der Waals surface area contributed by atoms with Crippen molar-refractivity contribution >= 4 is 23.3 Å². The van der Waals surface area contributed by atoms with Gasteiger partial charge in [-0.1, -0.05) is 11.6 Å². The van der Waals surface area contributed by atoms with Gasteiger partial charge in [0.2, 0.25) is 0 Å². The van der Waals surface area contributed by atoms with Gasteiger partial charge in [0.05, 0.1) is 12.1 Å². The van der Waals surface area contributed by atoms with Crippen LogP contribution in [0.2, 0.25) is 5.02 Å². The molecule has 1 heterocycles. The van der Waals surface area contributed by atoms with Crippen molar-refractivity contribution in [3.8, 4) is 11.5 Å². The number of anilines is 1. The van der Waals surface area contributed by atoms with Crippen LogP contribution in [0, 0.1) is 0 Å². The molecule has 1 aromatic heterocycles. The molecule has 0 fully saturated rings. The van der Waals surface area contributed by atoms with Crippen LogP contribution in [-0.4, -0.2) is 18.1 Å². The molecule has 0 spiro atoms. The Hall–Kier alpha value is -2.27. The zero-order chi connectivity index (χ0) is 13.8. The second-order valence-electron chi connectivity index (χ2n) is 3.66. The first-order valence-corrected chi connectivity index (χ1v) is 5.75. The van der Waals surface area contributed by atoms with E-state index in [-0.39, 0.29) is 5.69 Å². The molecule has 1 aromatic carbocycles. The van der Waals surface area contributed by atoms with Crippen molar-refractivity contribution in [2.75, 3.05) is 12.8 Å². The van der Waals surface area contributed by atoms with Crippen LogP contribution in [-0.2, 0) is 4.74 Å². The molecule has 0 aliphatic heterocycles. The van der Waals surface area contributed by atoms with Gasteiger partial charge in [-0.3, -0.25) is 0 Å². The van der Waals surface area contributed by atoms with Crippen LogP contribution in [0.5, 0.6) is 11.5 Å². The molecule has 5 nitrogen and oxygen atoms in total. The lowest BCUT2D eigenvalue weighted by molar-refractivity contribution is 0.0593. The zero-order valence-corrected chi connectivity index (χ0v) is 10.8. The maximum atomic E-state index is 11.4. The summed E-state index contributed by atoms with van der Waals surface area (Å²) in [6, 6.07) is 7.97. The summed E-state index contributed by atoms with van der Waals surface area (Å²) in [4.78, 5) is 15.2. The van der Waals surface area contributed by atoms with Crippen molar-refractivity contribution in [3.05, 3.63) is 47.2 Å². The fourth-order valence-corrected chi connectivity index (χ4v) is 1.57. The van der Waals surface area contributed by atoms with Crippen molar-refractivity contribution < 1.29 is 14.3 Å². The second-order valence-corrected chi connectivity index (χ2v) is 4.07. The van der Waals surface area contributed by atoms with Crippen molar-refractivity contribution in [2.24, 2.45) is 0 Å². The topological polar surface area (TPSA) is 74.4 Å². The maximum absolute atomic E-state index is 11.4. The molecule has 0 atom stereocenters. The van der Waals surface area contributed by atoms with Crippen molar-refractivity contribution in [1.82, 2.24) is 4.98 Å². The van der Waals surface area contributed by atoms with Crippen LogP contribution in [0.15, 0.2) is 36.5 Å². The molecule has 2 aromatic rings. The molecule has 0 amide bonds. The van der Waals surface area contributed by atoms with E-state index in [9.17, 15) is 4.79 Å². The molecule has 2 N–H and O–H groups in total. The number of nitrogens with zero attached hydrogens (tertiary/aromatic N) is 1. The number of benzene rings is 1. The van der Waals surface area contributed by atoms with Gasteiger partial charge in [0.15, 0.2) is 5.69 Å². The quantitative estimate of drug-likeness (QED) is 0.690. The van der Waals surface area contributed by atoms with E-state index in [1.165, 1.54) is 19.4 Å². The highest BCUT2D eigenvalue weighted by Gasteiger charge is 2.10. The molecule has 0 unspecified atom stereocenters. The minimum absolute atomic E-state index is 0.153. The standard InChI is InChI=1S/C13H11ClN2O3/c1-18-13(17)11-7-9(4-5-16-11)19-12-6-8(15)2-3-10(12)14/h2-7H,15H2,1H3. The summed E-state index contributed by atoms with van der Waals surface area (Å²) >= 11 is 5.99. The number of carbonyl (C=O) groups is 1. The highest BCUT2D eigenvalue weighted by molar-refractivity contribution is 6.32. The van der Waals surface area contributed by atoms with Crippen molar-refractivity contribution in [1.29, 1.82) is 0 Å². The van der Waals surface area contributed by atoms with Gasteiger partial charge >= 0.3 is 5.97 Å². The van der Waals surface area contributed by atoms with Crippen LogP contribution < -0.4 is 10.5 Å². The van der Waals surface area contributed by atoms with E-state index in [4.69, 9.17) is 22.1 Å². The lowest BCUT2D eigenvalue weighted by Gasteiger charge is -2.08. The van der Waals surface area contributed by atoms with Crippen molar-refractivity contribution in [2.45, 2.75) is 0 Å². The number of hydrogen-bond donors (Lipinski definition) is 1. The minimum Gasteiger partial charge on any atom is -0.464 e. The predicted octanol–water partition coefficient (Wildman–Crippen LogP) is 2.90. The van der Waals surface area contributed by atoms with E-state index < -0.39 is 5.97 Å². The second kappa shape index (κ2) is 5.58. The molecular weight excluding hydrogens is 268 g/mol. The lowest BCUT2D eigenvalue weighted by Crippen LogP contribution is -2.03. The Labute approximate surface area is 114 Å². The Morgan fingerprint density at radius 2 is 2.11 bits per heavy atom. The Balaban J connectivity index is 2.28. The molecule has 19 heavy (non-hydrogen) atoms. The highest BCUT2D eigenvalue weighted by atomic mass is 35.5. The molecule has 2 rings (SSSR count). The van der Waals surface area contributed by atoms with E-state index in [1.54, 1.807) is 24.3 Å². The first kappa shape index (κ1) is 13.2. The number of pyridine rings is 1. The van der Waals surface area contributed by atoms with E-state index in [2.05, 4.69) is 9.72 Å². The molecule has 0 radical (unpaired) electrons. The highest BCUT2D eigenvalue weighted by Crippen LogP contribution is 2.31. The molecule has 0 aliphatic rings. The Morgan fingerprint density at radius 3 is 2.84 bits per heavy atom. The van der Waals surface area contributed by atoms with Gasteiger partial charge in [0.25, 0.3) is 0 Å². The molecule has 0 saturated carbocycles. The van der Waals surface area contributed by atoms with Gasteiger partial charge in [0.1, 0.15) is 11.5 Å². The summed E-state index contributed by atoms with van der Waals surface area (Å²) in [5, 5.41) is 0.422. The fraction of sp³-hybridized carbons (Fsp3) is 0.0769. The summed E-state index contributed by atoms with van der Waals surface area (Å²) < 4.78 is 10.1. The number of aromatic nitrogens is 1. The number of methoxy groups -OCH3 is 1. The average molecular weight is 279 g/mol.